The van der Waals surface area contributed by atoms with Gasteiger partial charge in [-0.15, -0.1) is 0 Å². The minimum absolute atomic E-state index is 0.0601. The topological polar surface area (TPSA) is 42.2 Å². The summed E-state index contributed by atoms with van der Waals surface area (Å²) in [5, 5.41) is 11.6. The molecule has 5 heteroatoms. The van der Waals surface area contributed by atoms with Gasteiger partial charge in [0, 0.05) is 33.7 Å². The Kier molecular flexibility index (Phi) is 4.27. The summed E-state index contributed by atoms with van der Waals surface area (Å²) in [6.07, 6.45) is 0. The average Bonchev–Trinajstić information content (AvgIpc) is 2.80. The quantitative estimate of drug-likeness (QED) is 0.648. The summed E-state index contributed by atoms with van der Waals surface area (Å²) < 4.78 is 2.12. The second-order valence-corrected chi connectivity index (χ2v) is 6.93. The molecule has 112 valence electrons. The fourth-order valence-corrected chi connectivity index (χ4v) is 3.79. The van der Waals surface area contributed by atoms with Crippen LogP contribution in [0.3, 0.4) is 0 Å². The van der Waals surface area contributed by atoms with Crippen molar-refractivity contribution < 1.29 is 10.0 Å². The molecule has 0 aliphatic carbocycles. The average molecular weight is 376 g/mol. The first-order chi connectivity index (χ1) is 10.6. The molecule has 22 heavy (non-hydrogen) atoms. The predicted molar refractivity (Wildman–Crippen MR) is 94.2 cm³/mol. The van der Waals surface area contributed by atoms with Crippen LogP contribution in [0, 0.1) is 0 Å². The highest BCUT2D eigenvalue weighted by Gasteiger charge is 2.20. The number of benzene rings is 2. The summed E-state index contributed by atoms with van der Waals surface area (Å²) in [6.45, 7) is 1.56. The molecule has 0 amide bonds. The van der Waals surface area contributed by atoms with Crippen LogP contribution in [0.5, 0.6) is 0 Å². The van der Waals surface area contributed by atoms with Crippen LogP contribution >= 0.6 is 27.7 Å². The molecule has 1 N–H and O–H groups in total. The minimum Gasteiger partial charge on any atom is -0.428 e. The van der Waals surface area contributed by atoms with E-state index in [9.17, 15) is 10.0 Å². The normalized spacial score (nSPS) is 11.0. The van der Waals surface area contributed by atoms with Crippen molar-refractivity contribution in [1.82, 2.24) is 4.73 Å². The Labute approximate surface area is 141 Å². The van der Waals surface area contributed by atoms with Gasteiger partial charge in [0.05, 0.1) is 11.2 Å². The lowest BCUT2D eigenvalue weighted by atomic mass is 10.1. The van der Waals surface area contributed by atoms with E-state index in [1.165, 1.54) is 16.5 Å². The van der Waals surface area contributed by atoms with Crippen LogP contribution in [0.4, 0.5) is 0 Å². The maximum absolute atomic E-state index is 11.4. The first-order valence-corrected chi connectivity index (χ1v) is 8.57. The van der Waals surface area contributed by atoms with Crippen molar-refractivity contribution in [3.8, 4) is 11.3 Å². The number of thioether (sulfide) groups is 1. The van der Waals surface area contributed by atoms with Gasteiger partial charge in [0.15, 0.2) is 5.12 Å². The zero-order valence-corrected chi connectivity index (χ0v) is 14.3. The summed E-state index contributed by atoms with van der Waals surface area (Å²) in [5.41, 5.74) is 3.34. The van der Waals surface area contributed by atoms with Gasteiger partial charge in [0.25, 0.3) is 0 Å². The van der Waals surface area contributed by atoms with Gasteiger partial charge >= 0.3 is 0 Å². The van der Waals surface area contributed by atoms with Crippen molar-refractivity contribution >= 4 is 43.7 Å². The van der Waals surface area contributed by atoms with E-state index in [0.717, 1.165) is 32.2 Å². The van der Waals surface area contributed by atoms with Crippen molar-refractivity contribution in [2.45, 2.75) is 12.7 Å². The monoisotopic (exact) mass is 375 g/mol. The van der Waals surface area contributed by atoms with E-state index in [4.69, 9.17) is 0 Å². The minimum atomic E-state index is 0.0601. The molecule has 3 rings (SSSR count). The number of hydrogen-bond donors (Lipinski definition) is 1. The number of carbonyl (C=O) groups is 1. The Bertz CT molecular complexity index is 843. The Hall–Kier alpha value is -1.72. The molecule has 0 aliphatic rings. The number of aromatic nitrogens is 1. The number of fused-ring (bicyclic) bond motifs is 1. The SMILES string of the molecule is CC(=O)SCc1c(-c2ccccc2)n(O)c2cccc(Br)c12. The Balaban J connectivity index is 2.29. The number of carbonyl (C=O) groups excluding carboxylic acids is 1. The van der Waals surface area contributed by atoms with Gasteiger partial charge in [-0.1, -0.05) is 64.1 Å². The highest BCUT2D eigenvalue weighted by molar-refractivity contribution is 9.10. The Morgan fingerprint density at radius 1 is 1.18 bits per heavy atom. The van der Waals surface area contributed by atoms with Gasteiger partial charge in [0.2, 0.25) is 0 Å². The molecule has 0 aliphatic heterocycles. The van der Waals surface area contributed by atoms with E-state index in [0.29, 0.717) is 5.75 Å². The van der Waals surface area contributed by atoms with Crippen LogP contribution in [0.2, 0.25) is 0 Å². The molecule has 0 fully saturated rings. The Morgan fingerprint density at radius 3 is 2.59 bits per heavy atom. The van der Waals surface area contributed by atoms with Crippen LogP contribution < -0.4 is 0 Å². The third-order valence-electron chi connectivity index (χ3n) is 3.49. The van der Waals surface area contributed by atoms with E-state index < -0.39 is 0 Å². The second kappa shape index (κ2) is 6.18. The molecule has 3 aromatic rings. The molecule has 0 atom stereocenters. The molecule has 0 saturated heterocycles. The van der Waals surface area contributed by atoms with Gasteiger partial charge in [-0.2, -0.15) is 4.73 Å². The maximum Gasteiger partial charge on any atom is 0.186 e. The van der Waals surface area contributed by atoms with Gasteiger partial charge in [-0.25, -0.2) is 0 Å². The van der Waals surface area contributed by atoms with E-state index in [1.54, 1.807) is 6.92 Å². The summed E-state index contributed by atoms with van der Waals surface area (Å²) in [4.78, 5) is 11.4. The molecular formula is C17H14BrNO2S. The number of halogens is 1. The molecule has 0 saturated carbocycles. The van der Waals surface area contributed by atoms with Gasteiger partial charge in [-0.05, 0) is 12.1 Å². The summed E-state index contributed by atoms with van der Waals surface area (Å²) in [7, 11) is 0. The fourth-order valence-electron chi connectivity index (χ4n) is 2.56. The lowest BCUT2D eigenvalue weighted by Gasteiger charge is -2.06. The number of rotatable bonds is 3. The highest BCUT2D eigenvalue weighted by Crippen LogP contribution is 2.38. The van der Waals surface area contributed by atoms with Gasteiger partial charge in [0.1, 0.15) is 0 Å². The summed E-state index contributed by atoms with van der Waals surface area (Å²) in [5.74, 6) is 0.520. The van der Waals surface area contributed by atoms with Crippen LogP contribution in [0.15, 0.2) is 53.0 Å². The molecular weight excluding hydrogens is 362 g/mol. The van der Waals surface area contributed by atoms with E-state index >= 15 is 0 Å². The van der Waals surface area contributed by atoms with Crippen LogP contribution in [0.1, 0.15) is 12.5 Å². The van der Waals surface area contributed by atoms with Crippen molar-refractivity contribution in [3.63, 3.8) is 0 Å². The van der Waals surface area contributed by atoms with Crippen LogP contribution in [0.25, 0.3) is 22.2 Å². The highest BCUT2D eigenvalue weighted by atomic mass is 79.9. The summed E-state index contributed by atoms with van der Waals surface area (Å²) in [6, 6.07) is 15.4. The zero-order chi connectivity index (χ0) is 15.7. The molecule has 3 nitrogen and oxygen atoms in total. The maximum atomic E-state index is 11.4. The van der Waals surface area contributed by atoms with Gasteiger partial charge in [-0.3, -0.25) is 4.79 Å². The van der Waals surface area contributed by atoms with Crippen LogP contribution in [-0.2, 0) is 10.5 Å². The van der Waals surface area contributed by atoms with Crippen molar-refractivity contribution in [1.29, 1.82) is 0 Å². The second-order valence-electron chi connectivity index (χ2n) is 4.92. The lowest BCUT2D eigenvalue weighted by molar-refractivity contribution is -0.109. The molecule has 0 unspecified atom stereocenters. The molecule has 1 heterocycles. The van der Waals surface area contributed by atoms with Crippen molar-refractivity contribution in [2.75, 3.05) is 0 Å². The zero-order valence-electron chi connectivity index (χ0n) is 11.9. The molecule has 0 spiro atoms. The largest absolute Gasteiger partial charge is 0.428 e. The smallest absolute Gasteiger partial charge is 0.186 e. The third-order valence-corrected chi connectivity index (χ3v) is 4.99. The first-order valence-electron chi connectivity index (χ1n) is 6.79. The fraction of sp³-hybridized carbons (Fsp3) is 0.118. The molecule has 0 bridgehead atoms. The standard InChI is InChI=1S/C17H14BrNO2S/c1-11(20)22-10-13-16-14(18)8-5-9-15(16)19(21)17(13)12-6-3-2-4-7-12/h2-9,21H,10H2,1H3. The molecule has 2 aromatic carbocycles. The first kappa shape index (κ1) is 15.2. The van der Waals surface area contributed by atoms with Gasteiger partial charge < -0.3 is 5.21 Å². The van der Waals surface area contributed by atoms with E-state index in [1.807, 2.05) is 48.5 Å². The Morgan fingerprint density at radius 2 is 1.91 bits per heavy atom. The van der Waals surface area contributed by atoms with E-state index in [-0.39, 0.29) is 5.12 Å². The van der Waals surface area contributed by atoms with E-state index in [2.05, 4.69) is 15.9 Å². The molecule has 1 aromatic heterocycles. The van der Waals surface area contributed by atoms with Crippen LogP contribution in [-0.4, -0.2) is 15.1 Å². The lowest BCUT2D eigenvalue weighted by Crippen LogP contribution is -1.95. The predicted octanol–water partition coefficient (Wildman–Crippen LogP) is 5.09. The number of nitrogens with zero attached hydrogens (tertiary/aromatic N) is 1. The van der Waals surface area contributed by atoms with Crippen molar-refractivity contribution in [3.05, 3.63) is 58.6 Å². The molecule has 0 radical (unpaired) electrons. The number of hydrogen-bond acceptors (Lipinski definition) is 3. The summed E-state index contributed by atoms with van der Waals surface area (Å²) >= 11 is 4.80. The third kappa shape index (κ3) is 2.66. The van der Waals surface area contributed by atoms with Crippen molar-refractivity contribution in [2.24, 2.45) is 0 Å².